The second-order valence-corrected chi connectivity index (χ2v) is 5.28. The fourth-order valence-corrected chi connectivity index (χ4v) is 2.77. The minimum atomic E-state index is -0.448. The van der Waals surface area contributed by atoms with E-state index in [1.54, 1.807) is 18.2 Å². The molecule has 0 aliphatic heterocycles. The third-order valence-electron chi connectivity index (χ3n) is 3.92. The van der Waals surface area contributed by atoms with Crippen LogP contribution in [0.4, 0.5) is 5.69 Å². The van der Waals surface area contributed by atoms with E-state index in [-0.39, 0.29) is 11.1 Å². The lowest BCUT2D eigenvalue weighted by molar-refractivity contribution is -0.384. The number of H-pyrrole nitrogens is 2. The van der Waals surface area contributed by atoms with Crippen LogP contribution >= 0.6 is 0 Å². The summed E-state index contributed by atoms with van der Waals surface area (Å²) in [5.74, 6) is 0. The number of nitro groups is 1. The van der Waals surface area contributed by atoms with Gasteiger partial charge >= 0.3 is 0 Å². The Labute approximate surface area is 129 Å². The molecular weight excluding hydrogens is 294 g/mol. The van der Waals surface area contributed by atoms with E-state index in [2.05, 4.69) is 9.97 Å². The standard InChI is InChI=1S/C17H11N3O3/c21-16-9-15(10-1-3-11(4-2-10)20(22)23)19-17-12-7-8-18-14(12)6-5-13(16)17/h1-9,18H,(H,19,21). The predicted molar refractivity (Wildman–Crippen MR) is 88.5 cm³/mol. The molecule has 2 N–H and O–H groups in total. The minimum absolute atomic E-state index is 0.0184. The van der Waals surface area contributed by atoms with E-state index in [0.717, 1.165) is 22.0 Å². The number of hydrogen-bond acceptors (Lipinski definition) is 3. The van der Waals surface area contributed by atoms with E-state index >= 15 is 0 Å². The Morgan fingerprint density at radius 3 is 2.48 bits per heavy atom. The summed E-state index contributed by atoms with van der Waals surface area (Å²) in [6.07, 6.45) is 1.82. The van der Waals surface area contributed by atoms with Gasteiger partial charge in [0.05, 0.1) is 10.4 Å². The molecule has 6 nitrogen and oxygen atoms in total. The van der Waals surface area contributed by atoms with Gasteiger partial charge in [-0.2, -0.15) is 0 Å². The number of rotatable bonds is 2. The Morgan fingerprint density at radius 1 is 0.957 bits per heavy atom. The third-order valence-corrected chi connectivity index (χ3v) is 3.92. The van der Waals surface area contributed by atoms with Gasteiger partial charge in [-0.1, -0.05) is 0 Å². The van der Waals surface area contributed by atoms with Crippen molar-refractivity contribution in [2.24, 2.45) is 0 Å². The zero-order valence-electron chi connectivity index (χ0n) is 11.9. The van der Waals surface area contributed by atoms with Gasteiger partial charge in [0.15, 0.2) is 5.43 Å². The number of pyridine rings is 1. The van der Waals surface area contributed by atoms with Gasteiger partial charge in [-0.3, -0.25) is 14.9 Å². The van der Waals surface area contributed by atoms with Crippen molar-refractivity contribution in [2.75, 3.05) is 0 Å². The van der Waals surface area contributed by atoms with Crippen LogP contribution in [0.2, 0.25) is 0 Å². The van der Waals surface area contributed by atoms with Gasteiger partial charge in [0.1, 0.15) is 0 Å². The molecule has 0 fully saturated rings. The van der Waals surface area contributed by atoms with Gasteiger partial charge in [0.2, 0.25) is 0 Å². The molecule has 4 rings (SSSR count). The Hall–Kier alpha value is -3.41. The average molecular weight is 305 g/mol. The Balaban J connectivity index is 1.96. The molecule has 23 heavy (non-hydrogen) atoms. The van der Waals surface area contributed by atoms with Crippen molar-refractivity contribution in [2.45, 2.75) is 0 Å². The van der Waals surface area contributed by atoms with Crippen molar-refractivity contribution in [3.05, 3.63) is 75.1 Å². The number of aromatic amines is 2. The van der Waals surface area contributed by atoms with Crippen molar-refractivity contribution in [1.29, 1.82) is 0 Å². The number of nitro benzene ring substituents is 1. The average Bonchev–Trinajstić information content (AvgIpc) is 3.04. The maximum Gasteiger partial charge on any atom is 0.269 e. The molecule has 2 aromatic heterocycles. The zero-order chi connectivity index (χ0) is 16.0. The number of non-ortho nitro benzene ring substituents is 1. The Bertz CT molecular complexity index is 1110. The van der Waals surface area contributed by atoms with Crippen LogP contribution < -0.4 is 5.43 Å². The van der Waals surface area contributed by atoms with Crippen LogP contribution in [0.1, 0.15) is 0 Å². The molecule has 4 aromatic rings. The van der Waals surface area contributed by atoms with Gasteiger partial charge in [-0.05, 0) is 35.9 Å². The van der Waals surface area contributed by atoms with Crippen molar-refractivity contribution in [3.63, 3.8) is 0 Å². The number of fused-ring (bicyclic) bond motifs is 3. The summed E-state index contributed by atoms with van der Waals surface area (Å²) in [4.78, 5) is 29.1. The molecule has 0 radical (unpaired) electrons. The largest absolute Gasteiger partial charge is 0.361 e. The van der Waals surface area contributed by atoms with E-state index in [1.807, 2.05) is 18.3 Å². The number of nitrogens with zero attached hydrogens (tertiary/aromatic N) is 1. The molecule has 6 heteroatoms. The molecule has 0 amide bonds. The molecule has 2 heterocycles. The minimum Gasteiger partial charge on any atom is -0.361 e. The van der Waals surface area contributed by atoms with Gasteiger partial charge in [0, 0.05) is 46.4 Å². The molecule has 0 saturated heterocycles. The van der Waals surface area contributed by atoms with Crippen LogP contribution in [0.15, 0.2) is 59.5 Å². The molecule has 0 aliphatic carbocycles. The first-order valence-corrected chi connectivity index (χ1v) is 7.01. The maximum atomic E-state index is 12.4. The van der Waals surface area contributed by atoms with Gasteiger partial charge in [-0.15, -0.1) is 0 Å². The SMILES string of the molecule is O=c1cc(-c2ccc([N+](=O)[O-])cc2)[nH]c2c1ccc1[nH]ccc12. The molecule has 0 atom stereocenters. The molecular formula is C17H11N3O3. The molecule has 0 aliphatic rings. The fraction of sp³-hybridized carbons (Fsp3) is 0. The number of nitrogens with one attached hydrogen (secondary N) is 2. The highest BCUT2D eigenvalue weighted by Gasteiger charge is 2.10. The van der Waals surface area contributed by atoms with Crippen LogP contribution in [0.5, 0.6) is 0 Å². The summed E-state index contributed by atoms with van der Waals surface area (Å²) in [6, 6.07) is 13.2. The Kier molecular flexibility index (Phi) is 2.77. The van der Waals surface area contributed by atoms with Gasteiger partial charge < -0.3 is 9.97 Å². The highest BCUT2D eigenvalue weighted by Crippen LogP contribution is 2.25. The van der Waals surface area contributed by atoms with Crippen molar-refractivity contribution in [1.82, 2.24) is 9.97 Å². The summed E-state index contributed by atoms with van der Waals surface area (Å²) in [5.41, 5.74) is 2.98. The highest BCUT2D eigenvalue weighted by molar-refractivity contribution is 6.04. The molecule has 2 aromatic carbocycles. The quantitative estimate of drug-likeness (QED) is 0.438. The maximum absolute atomic E-state index is 12.4. The van der Waals surface area contributed by atoms with E-state index in [4.69, 9.17) is 0 Å². The normalized spacial score (nSPS) is 11.1. The zero-order valence-corrected chi connectivity index (χ0v) is 11.9. The topological polar surface area (TPSA) is 91.8 Å². The lowest BCUT2D eigenvalue weighted by atomic mass is 10.1. The summed E-state index contributed by atoms with van der Waals surface area (Å²) in [6.45, 7) is 0. The molecule has 0 saturated carbocycles. The van der Waals surface area contributed by atoms with E-state index in [1.165, 1.54) is 18.2 Å². The lowest BCUT2D eigenvalue weighted by Gasteiger charge is -2.06. The number of aromatic nitrogens is 2. The Morgan fingerprint density at radius 2 is 1.74 bits per heavy atom. The summed E-state index contributed by atoms with van der Waals surface area (Å²) >= 11 is 0. The molecule has 112 valence electrons. The number of benzene rings is 2. The first kappa shape index (κ1) is 13.3. The van der Waals surface area contributed by atoms with Crippen LogP contribution in [0, 0.1) is 10.1 Å². The second-order valence-electron chi connectivity index (χ2n) is 5.28. The van der Waals surface area contributed by atoms with E-state index < -0.39 is 4.92 Å². The lowest BCUT2D eigenvalue weighted by Crippen LogP contribution is -2.03. The van der Waals surface area contributed by atoms with Crippen LogP contribution in [-0.2, 0) is 0 Å². The molecule has 0 unspecified atom stereocenters. The van der Waals surface area contributed by atoms with Crippen molar-refractivity contribution < 1.29 is 4.92 Å². The van der Waals surface area contributed by atoms with E-state index in [0.29, 0.717) is 11.1 Å². The van der Waals surface area contributed by atoms with Crippen molar-refractivity contribution >= 4 is 27.5 Å². The van der Waals surface area contributed by atoms with E-state index in [9.17, 15) is 14.9 Å². The molecule has 0 spiro atoms. The first-order valence-electron chi connectivity index (χ1n) is 7.01. The van der Waals surface area contributed by atoms with Crippen LogP contribution in [0.25, 0.3) is 33.1 Å². The predicted octanol–water partition coefficient (Wildman–Crippen LogP) is 3.58. The van der Waals surface area contributed by atoms with Crippen LogP contribution in [-0.4, -0.2) is 14.9 Å². The summed E-state index contributed by atoms with van der Waals surface area (Å²) in [7, 11) is 0. The van der Waals surface area contributed by atoms with Crippen molar-refractivity contribution in [3.8, 4) is 11.3 Å². The number of hydrogen-bond donors (Lipinski definition) is 2. The summed E-state index contributed by atoms with van der Waals surface area (Å²) in [5, 5.41) is 12.3. The highest BCUT2D eigenvalue weighted by atomic mass is 16.6. The fourth-order valence-electron chi connectivity index (χ4n) is 2.77. The third kappa shape index (κ3) is 2.08. The molecule has 0 bridgehead atoms. The van der Waals surface area contributed by atoms with Gasteiger partial charge in [-0.25, -0.2) is 0 Å². The van der Waals surface area contributed by atoms with Gasteiger partial charge in [0.25, 0.3) is 5.69 Å². The monoisotopic (exact) mass is 305 g/mol. The van der Waals surface area contributed by atoms with Crippen LogP contribution in [0.3, 0.4) is 0 Å². The summed E-state index contributed by atoms with van der Waals surface area (Å²) < 4.78 is 0. The first-order chi connectivity index (χ1) is 11.1. The smallest absolute Gasteiger partial charge is 0.269 e. The second kappa shape index (κ2) is 4.81.